The zero-order valence-electron chi connectivity index (χ0n) is 7.99. The topological polar surface area (TPSA) is 49.4 Å². The van der Waals surface area contributed by atoms with Crippen LogP contribution < -0.4 is 5.32 Å². The molecular weight excluding hydrogens is 200 g/mol. The van der Waals surface area contributed by atoms with Crippen molar-refractivity contribution in [2.24, 2.45) is 0 Å². The molecule has 0 aromatic rings. The lowest BCUT2D eigenvalue weighted by Crippen LogP contribution is -2.45. The number of nitrogens with zero attached hydrogens (tertiary/aromatic N) is 1. The van der Waals surface area contributed by atoms with Crippen molar-refractivity contribution >= 4 is 22.9 Å². The zero-order valence-corrected chi connectivity index (χ0v) is 8.81. The molecule has 14 heavy (non-hydrogen) atoms. The number of rotatable bonds is 2. The second kappa shape index (κ2) is 4.31. The maximum Gasteiger partial charge on any atom is 0.288 e. The average Bonchev–Trinajstić information content (AvgIpc) is 2.51. The van der Waals surface area contributed by atoms with Crippen LogP contribution in [-0.4, -0.2) is 40.9 Å². The van der Waals surface area contributed by atoms with E-state index in [1.54, 1.807) is 0 Å². The van der Waals surface area contributed by atoms with Crippen molar-refractivity contribution in [1.29, 1.82) is 0 Å². The maximum atomic E-state index is 11.3. The first-order valence-corrected chi connectivity index (χ1v) is 5.96. The fourth-order valence-electron chi connectivity index (χ4n) is 1.86. The van der Waals surface area contributed by atoms with Crippen molar-refractivity contribution in [3.63, 3.8) is 0 Å². The van der Waals surface area contributed by atoms with E-state index < -0.39 is 0 Å². The van der Waals surface area contributed by atoms with Gasteiger partial charge in [0.25, 0.3) is 5.24 Å². The normalized spacial score (nSPS) is 28.6. The van der Waals surface area contributed by atoms with Gasteiger partial charge in [0, 0.05) is 12.6 Å². The number of piperidine rings is 1. The van der Waals surface area contributed by atoms with Gasteiger partial charge < -0.3 is 5.32 Å². The number of hydrogen-bond donors (Lipinski definition) is 1. The Hall–Kier alpha value is -0.550. The largest absolute Gasteiger partial charge is 0.312 e. The van der Waals surface area contributed by atoms with Gasteiger partial charge in [0.1, 0.15) is 0 Å². The Morgan fingerprint density at radius 3 is 2.86 bits per heavy atom. The van der Waals surface area contributed by atoms with Crippen LogP contribution in [-0.2, 0) is 4.79 Å². The summed E-state index contributed by atoms with van der Waals surface area (Å²) in [6.07, 6.45) is 3.47. The first kappa shape index (κ1) is 9.98. The molecular formula is C9H14N2O2S. The first-order valence-electron chi connectivity index (χ1n) is 4.98. The zero-order chi connectivity index (χ0) is 9.97. The van der Waals surface area contributed by atoms with E-state index in [-0.39, 0.29) is 11.1 Å². The van der Waals surface area contributed by atoms with Crippen LogP contribution in [0.4, 0.5) is 4.79 Å². The fraction of sp³-hybridized carbons (Fsp3) is 0.778. The molecule has 0 aromatic carbocycles. The Morgan fingerprint density at radius 2 is 2.29 bits per heavy atom. The molecule has 0 unspecified atom stereocenters. The molecule has 0 radical (unpaired) electrons. The summed E-state index contributed by atoms with van der Waals surface area (Å²) >= 11 is 1.11. The van der Waals surface area contributed by atoms with Crippen LogP contribution in [0.2, 0.25) is 0 Å². The van der Waals surface area contributed by atoms with E-state index in [2.05, 4.69) is 5.32 Å². The van der Waals surface area contributed by atoms with Crippen LogP contribution in [0.1, 0.15) is 19.3 Å². The SMILES string of the molecule is O=C1CSC(=O)N1C[C@@H]1CCCCN1. The van der Waals surface area contributed by atoms with E-state index in [0.29, 0.717) is 18.3 Å². The summed E-state index contributed by atoms with van der Waals surface area (Å²) in [5.74, 6) is 0.290. The standard InChI is InChI=1S/C9H14N2O2S/c12-8-6-14-9(13)11(8)5-7-3-1-2-4-10-7/h7,10H,1-6H2/t7-/m0/s1. The van der Waals surface area contributed by atoms with Crippen LogP contribution in [0, 0.1) is 0 Å². The molecule has 0 saturated carbocycles. The minimum atomic E-state index is -0.0811. The quantitative estimate of drug-likeness (QED) is 0.739. The summed E-state index contributed by atoms with van der Waals surface area (Å²) < 4.78 is 0. The lowest BCUT2D eigenvalue weighted by molar-refractivity contribution is -0.124. The van der Waals surface area contributed by atoms with Crippen molar-refractivity contribution in [2.75, 3.05) is 18.8 Å². The van der Waals surface area contributed by atoms with Gasteiger partial charge >= 0.3 is 0 Å². The van der Waals surface area contributed by atoms with Gasteiger partial charge in [-0.15, -0.1) is 0 Å². The Labute approximate surface area is 87.4 Å². The second-order valence-corrected chi connectivity index (χ2v) is 4.63. The molecule has 2 aliphatic rings. The number of thioether (sulfide) groups is 1. The van der Waals surface area contributed by atoms with Crippen LogP contribution in [0.25, 0.3) is 0 Å². The first-order chi connectivity index (χ1) is 6.77. The minimum Gasteiger partial charge on any atom is -0.312 e. The number of hydrogen-bond acceptors (Lipinski definition) is 4. The van der Waals surface area contributed by atoms with Gasteiger partial charge in [0.2, 0.25) is 5.91 Å². The Bertz CT molecular complexity index is 235. The lowest BCUT2D eigenvalue weighted by atomic mass is 10.0. The summed E-state index contributed by atoms with van der Waals surface area (Å²) in [5.41, 5.74) is 0. The maximum absolute atomic E-state index is 11.3. The number of imide groups is 1. The predicted octanol–water partition coefficient (Wildman–Crippen LogP) is 0.824. The van der Waals surface area contributed by atoms with Crippen LogP contribution >= 0.6 is 11.8 Å². The monoisotopic (exact) mass is 214 g/mol. The third kappa shape index (κ3) is 2.09. The highest BCUT2D eigenvalue weighted by Crippen LogP contribution is 2.20. The smallest absolute Gasteiger partial charge is 0.288 e. The summed E-state index contributed by atoms with van der Waals surface area (Å²) in [5, 5.41) is 3.25. The Kier molecular flexibility index (Phi) is 3.08. The van der Waals surface area contributed by atoms with Crippen molar-refractivity contribution < 1.29 is 9.59 Å². The molecule has 1 atom stereocenters. The second-order valence-electron chi connectivity index (χ2n) is 3.71. The Balaban J connectivity index is 1.89. The highest BCUT2D eigenvalue weighted by Gasteiger charge is 2.31. The average molecular weight is 214 g/mol. The fourth-order valence-corrected chi connectivity index (χ4v) is 2.59. The van der Waals surface area contributed by atoms with E-state index in [1.165, 1.54) is 17.7 Å². The molecule has 0 bridgehead atoms. The summed E-state index contributed by atoms with van der Waals surface area (Å²) in [7, 11) is 0. The molecule has 0 spiro atoms. The molecule has 2 aliphatic heterocycles. The highest BCUT2D eigenvalue weighted by atomic mass is 32.2. The molecule has 1 N–H and O–H groups in total. The van der Waals surface area contributed by atoms with Crippen LogP contribution in [0.3, 0.4) is 0 Å². The molecule has 0 aromatic heterocycles. The number of nitrogens with one attached hydrogen (secondary N) is 1. The van der Waals surface area contributed by atoms with Gasteiger partial charge in [-0.2, -0.15) is 0 Å². The summed E-state index contributed by atoms with van der Waals surface area (Å²) in [4.78, 5) is 24.0. The molecule has 4 nitrogen and oxygen atoms in total. The molecule has 2 amide bonds. The Morgan fingerprint density at radius 1 is 1.43 bits per heavy atom. The molecule has 2 saturated heterocycles. The molecule has 5 heteroatoms. The highest BCUT2D eigenvalue weighted by molar-refractivity contribution is 8.14. The van der Waals surface area contributed by atoms with Crippen molar-refractivity contribution in [3.05, 3.63) is 0 Å². The van der Waals surface area contributed by atoms with Gasteiger partial charge in [-0.05, 0) is 19.4 Å². The van der Waals surface area contributed by atoms with Crippen LogP contribution in [0.15, 0.2) is 0 Å². The van der Waals surface area contributed by atoms with Crippen molar-refractivity contribution in [2.45, 2.75) is 25.3 Å². The molecule has 0 aliphatic carbocycles. The van der Waals surface area contributed by atoms with E-state index in [4.69, 9.17) is 0 Å². The van der Waals surface area contributed by atoms with E-state index in [0.717, 1.165) is 24.7 Å². The van der Waals surface area contributed by atoms with Gasteiger partial charge in [0.15, 0.2) is 0 Å². The third-order valence-corrected chi connectivity index (χ3v) is 3.51. The number of carbonyl (C=O) groups is 2. The lowest BCUT2D eigenvalue weighted by Gasteiger charge is -2.26. The number of amides is 2. The van der Waals surface area contributed by atoms with E-state index in [1.807, 2.05) is 0 Å². The molecule has 2 rings (SSSR count). The molecule has 78 valence electrons. The van der Waals surface area contributed by atoms with Gasteiger partial charge in [-0.3, -0.25) is 14.5 Å². The van der Waals surface area contributed by atoms with Crippen molar-refractivity contribution in [3.8, 4) is 0 Å². The van der Waals surface area contributed by atoms with Crippen molar-refractivity contribution in [1.82, 2.24) is 10.2 Å². The van der Waals surface area contributed by atoms with Gasteiger partial charge in [-0.1, -0.05) is 18.2 Å². The van der Waals surface area contributed by atoms with Gasteiger partial charge in [-0.25, -0.2) is 0 Å². The van der Waals surface area contributed by atoms with Crippen LogP contribution in [0.5, 0.6) is 0 Å². The summed E-state index contributed by atoms with van der Waals surface area (Å²) in [6, 6.07) is 0.315. The minimum absolute atomic E-state index is 0.0348. The summed E-state index contributed by atoms with van der Waals surface area (Å²) in [6.45, 7) is 1.57. The number of carbonyl (C=O) groups excluding carboxylic acids is 2. The molecule has 2 heterocycles. The van der Waals surface area contributed by atoms with Gasteiger partial charge in [0.05, 0.1) is 5.75 Å². The van der Waals surface area contributed by atoms with E-state index in [9.17, 15) is 9.59 Å². The predicted molar refractivity (Wildman–Crippen MR) is 55.2 cm³/mol. The third-order valence-electron chi connectivity index (χ3n) is 2.66. The molecule has 2 fully saturated rings. The van der Waals surface area contributed by atoms with E-state index >= 15 is 0 Å².